The number of carbonyl (C=O) groups is 1. The summed E-state index contributed by atoms with van der Waals surface area (Å²) in [6.45, 7) is 2.89. The van der Waals surface area contributed by atoms with Crippen LogP contribution >= 0.6 is 27.3 Å². The molecule has 0 aromatic carbocycles. The van der Waals surface area contributed by atoms with E-state index in [2.05, 4.69) is 26.1 Å². The Morgan fingerprint density at radius 3 is 2.92 bits per heavy atom. The van der Waals surface area contributed by atoms with Crippen molar-refractivity contribution in [3.05, 3.63) is 51.2 Å². The molecule has 0 aliphatic rings. The van der Waals surface area contributed by atoms with E-state index in [1.54, 1.807) is 40.7 Å². The van der Waals surface area contributed by atoms with Crippen LogP contribution in [0.5, 0.6) is 0 Å². The van der Waals surface area contributed by atoms with Gasteiger partial charge < -0.3 is 13.7 Å². The summed E-state index contributed by atoms with van der Waals surface area (Å²) in [6.07, 6.45) is 5.75. The molecule has 0 atom stereocenters. The van der Waals surface area contributed by atoms with Crippen molar-refractivity contribution in [1.29, 1.82) is 0 Å². The van der Waals surface area contributed by atoms with E-state index in [1.807, 2.05) is 25.1 Å². The molecule has 3 aromatic rings. The number of amides is 1. The Kier molecular flexibility index (Phi) is 5.83. The van der Waals surface area contributed by atoms with E-state index in [0.717, 1.165) is 15.1 Å². The zero-order chi connectivity index (χ0) is 17.6. The van der Waals surface area contributed by atoms with Crippen molar-refractivity contribution in [3.63, 3.8) is 0 Å². The molecule has 3 rings (SSSR count). The van der Waals surface area contributed by atoms with Gasteiger partial charge >= 0.3 is 0 Å². The molecule has 0 aliphatic heterocycles. The summed E-state index contributed by atoms with van der Waals surface area (Å²) in [5.41, 5.74) is 0. The minimum Gasteiger partial charge on any atom is -0.459 e. The molecule has 3 aromatic heterocycles. The van der Waals surface area contributed by atoms with Crippen LogP contribution in [0, 0.1) is 0 Å². The summed E-state index contributed by atoms with van der Waals surface area (Å²) in [5.74, 6) is 1.10. The molecule has 0 unspecified atom stereocenters. The lowest BCUT2D eigenvalue weighted by Crippen LogP contribution is -2.29. The molecule has 6 nitrogen and oxygen atoms in total. The van der Waals surface area contributed by atoms with Crippen molar-refractivity contribution in [1.82, 2.24) is 15.1 Å². The van der Waals surface area contributed by atoms with E-state index in [0.29, 0.717) is 24.1 Å². The number of aromatic nitrogens is 2. The molecule has 0 spiro atoms. The van der Waals surface area contributed by atoms with Crippen LogP contribution in [0.1, 0.15) is 24.1 Å². The maximum Gasteiger partial charge on any atom is 0.283 e. The third kappa shape index (κ3) is 4.67. The number of furan rings is 1. The van der Waals surface area contributed by atoms with Gasteiger partial charge in [0, 0.05) is 17.5 Å². The zero-order valence-corrected chi connectivity index (χ0v) is 15.9. The number of hydrogen-bond donors (Lipinski definition) is 0. The average molecular weight is 422 g/mol. The zero-order valence-electron chi connectivity index (χ0n) is 13.5. The van der Waals surface area contributed by atoms with Crippen molar-refractivity contribution in [3.8, 4) is 11.7 Å². The third-order valence-electron chi connectivity index (χ3n) is 3.31. The molecule has 0 radical (unpaired) electrons. The van der Waals surface area contributed by atoms with Gasteiger partial charge in [-0.1, -0.05) is 6.92 Å². The number of thiophene rings is 1. The second-order valence-corrected chi connectivity index (χ2v) is 7.71. The highest BCUT2D eigenvalue weighted by molar-refractivity contribution is 9.11. The van der Waals surface area contributed by atoms with E-state index in [1.165, 1.54) is 0 Å². The number of halogens is 1. The molecule has 8 heteroatoms. The fourth-order valence-corrected chi connectivity index (χ4v) is 3.52. The van der Waals surface area contributed by atoms with Crippen LogP contribution in [0.25, 0.3) is 17.7 Å². The second-order valence-electron chi connectivity index (χ2n) is 5.21. The van der Waals surface area contributed by atoms with Crippen LogP contribution in [-0.2, 0) is 11.3 Å². The summed E-state index contributed by atoms with van der Waals surface area (Å²) in [5, 5.41) is 7.96. The van der Waals surface area contributed by atoms with Gasteiger partial charge in [0.1, 0.15) is 0 Å². The van der Waals surface area contributed by atoms with Gasteiger partial charge in [-0.2, -0.15) is 0 Å². The molecular formula is C17H16BrN3O3S. The molecule has 130 valence electrons. The van der Waals surface area contributed by atoms with Crippen molar-refractivity contribution in [2.75, 3.05) is 6.54 Å². The lowest BCUT2D eigenvalue weighted by atomic mass is 10.3. The molecule has 0 N–H and O–H groups in total. The van der Waals surface area contributed by atoms with Gasteiger partial charge in [-0.3, -0.25) is 4.79 Å². The SMILES string of the molecule is CCCN(Cc1nnc(-c2ccco2)o1)C(=O)/C=C/c1ccc(Br)s1. The number of rotatable bonds is 7. The van der Waals surface area contributed by atoms with Crippen molar-refractivity contribution >= 4 is 39.2 Å². The Hall–Kier alpha value is -2.19. The van der Waals surface area contributed by atoms with E-state index in [-0.39, 0.29) is 12.5 Å². The minimum atomic E-state index is -0.0934. The molecule has 0 saturated carbocycles. The Labute approximate surface area is 157 Å². The van der Waals surface area contributed by atoms with Gasteiger partial charge in [-0.05, 0) is 52.7 Å². The summed E-state index contributed by atoms with van der Waals surface area (Å²) >= 11 is 4.98. The first kappa shape index (κ1) is 17.6. The van der Waals surface area contributed by atoms with Crippen molar-refractivity contribution < 1.29 is 13.6 Å². The Balaban J connectivity index is 1.68. The Morgan fingerprint density at radius 2 is 2.24 bits per heavy atom. The van der Waals surface area contributed by atoms with Gasteiger partial charge in [0.15, 0.2) is 5.76 Å². The molecule has 3 heterocycles. The minimum absolute atomic E-state index is 0.0934. The Morgan fingerprint density at radius 1 is 1.36 bits per heavy atom. The first-order chi connectivity index (χ1) is 12.2. The highest BCUT2D eigenvalue weighted by atomic mass is 79.9. The number of carbonyl (C=O) groups excluding carboxylic acids is 1. The van der Waals surface area contributed by atoms with Gasteiger partial charge in [-0.25, -0.2) is 0 Å². The van der Waals surface area contributed by atoms with E-state index < -0.39 is 0 Å². The molecule has 0 saturated heterocycles. The van der Waals surface area contributed by atoms with Gasteiger partial charge in [0.2, 0.25) is 11.8 Å². The highest BCUT2D eigenvalue weighted by Crippen LogP contribution is 2.23. The quantitative estimate of drug-likeness (QED) is 0.520. The number of nitrogens with zero attached hydrogens (tertiary/aromatic N) is 3. The fourth-order valence-electron chi connectivity index (χ4n) is 2.19. The molecule has 0 fully saturated rings. The van der Waals surface area contributed by atoms with E-state index in [9.17, 15) is 4.79 Å². The van der Waals surface area contributed by atoms with Gasteiger partial charge in [-0.15, -0.1) is 21.5 Å². The van der Waals surface area contributed by atoms with Crippen LogP contribution in [0.4, 0.5) is 0 Å². The largest absolute Gasteiger partial charge is 0.459 e. The average Bonchev–Trinajstić information content (AvgIpc) is 3.33. The second kappa shape index (κ2) is 8.26. The number of hydrogen-bond acceptors (Lipinski definition) is 6. The van der Waals surface area contributed by atoms with Gasteiger partial charge in [0.25, 0.3) is 5.89 Å². The van der Waals surface area contributed by atoms with Crippen LogP contribution in [0.2, 0.25) is 0 Å². The first-order valence-electron chi connectivity index (χ1n) is 7.74. The third-order valence-corrected chi connectivity index (χ3v) is 4.90. The standard InChI is InChI=1S/C17H16BrN3O3S/c1-2-9-21(16(22)8-6-12-5-7-14(18)25-12)11-15-19-20-17(24-15)13-4-3-10-23-13/h3-8,10H,2,9,11H2,1H3/b8-6+. The van der Waals surface area contributed by atoms with Gasteiger partial charge in [0.05, 0.1) is 16.6 Å². The van der Waals surface area contributed by atoms with Crippen molar-refractivity contribution in [2.45, 2.75) is 19.9 Å². The normalized spacial score (nSPS) is 11.3. The summed E-state index contributed by atoms with van der Waals surface area (Å²) < 4.78 is 11.8. The highest BCUT2D eigenvalue weighted by Gasteiger charge is 2.16. The maximum atomic E-state index is 12.5. The van der Waals surface area contributed by atoms with Crippen LogP contribution in [-0.4, -0.2) is 27.5 Å². The van der Waals surface area contributed by atoms with Crippen molar-refractivity contribution in [2.24, 2.45) is 0 Å². The summed E-state index contributed by atoms with van der Waals surface area (Å²) in [7, 11) is 0. The molecular weight excluding hydrogens is 406 g/mol. The predicted octanol–water partition coefficient (Wildman–Crippen LogP) is 4.61. The van der Waals surface area contributed by atoms with E-state index >= 15 is 0 Å². The smallest absolute Gasteiger partial charge is 0.283 e. The van der Waals surface area contributed by atoms with E-state index in [4.69, 9.17) is 8.83 Å². The molecule has 1 amide bonds. The summed E-state index contributed by atoms with van der Waals surface area (Å²) in [4.78, 5) is 15.2. The van der Waals surface area contributed by atoms with Crippen LogP contribution < -0.4 is 0 Å². The Bertz CT molecular complexity index is 854. The summed E-state index contributed by atoms with van der Waals surface area (Å²) in [6, 6.07) is 7.40. The molecule has 0 aliphatic carbocycles. The maximum absolute atomic E-state index is 12.5. The topological polar surface area (TPSA) is 72.4 Å². The predicted molar refractivity (Wildman–Crippen MR) is 98.8 cm³/mol. The molecule has 25 heavy (non-hydrogen) atoms. The lowest BCUT2D eigenvalue weighted by molar-refractivity contribution is -0.126. The monoisotopic (exact) mass is 421 g/mol. The molecule has 0 bridgehead atoms. The van der Waals surface area contributed by atoms with Crippen LogP contribution in [0.15, 0.2) is 49.2 Å². The lowest BCUT2D eigenvalue weighted by Gasteiger charge is -2.18. The van der Waals surface area contributed by atoms with Crippen LogP contribution in [0.3, 0.4) is 0 Å². The fraction of sp³-hybridized carbons (Fsp3) is 0.235. The first-order valence-corrected chi connectivity index (χ1v) is 9.35.